The van der Waals surface area contributed by atoms with Gasteiger partial charge in [-0.15, -0.1) is 0 Å². The number of likely N-dealkylation sites (N-methyl/N-ethyl adjacent to an activating group) is 1. The molecule has 0 saturated heterocycles. The van der Waals surface area contributed by atoms with Gasteiger partial charge in [-0.3, -0.25) is 4.79 Å². The summed E-state index contributed by atoms with van der Waals surface area (Å²) in [5, 5.41) is 4.10. The van der Waals surface area contributed by atoms with Gasteiger partial charge in [0.05, 0.1) is 17.1 Å². The van der Waals surface area contributed by atoms with Gasteiger partial charge in [0.15, 0.2) is 6.54 Å². The normalized spacial score (nSPS) is 13.3. The number of nitrogens with one attached hydrogen (secondary N) is 2. The summed E-state index contributed by atoms with van der Waals surface area (Å²) in [6.07, 6.45) is 0. The summed E-state index contributed by atoms with van der Waals surface area (Å²) < 4.78 is 0. The largest absolute Gasteiger partial charge is 0.351 e. The molecule has 0 spiro atoms. The van der Waals surface area contributed by atoms with Gasteiger partial charge in [0.1, 0.15) is 6.54 Å². The highest BCUT2D eigenvalue weighted by Gasteiger charge is 2.13. The zero-order chi connectivity index (χ0) is 17.5. The minimum absolute atomic E-state index is 0.0512. The van der Waals surface area contributed by atoms with Crippen LogP contribution in [0.3, 0.4) is 0 Å². The molecule has 3 nitrogen and oxygen atoms in total. The number of rotatable bonds is 7. The van der Waals surface area contributed by atoms with Crippen molar-refractivity contribution in [2.75, 3.05) is 20.1 Å². The number of hydrogen-bond donors (Lipinski definition) is 2. The molecule has 0 aliphatic rings. The summed E-state index contributed by atoms with van der Waals surface area (Å²) in [6.45, 7) is 3.89. The van der Waals surface area contributed by atoms with Crippen LogP contribution in [0.4, 0.5) is 0 Å². The predicted octanol–water partition coefficient (Wildman–Crippen LogP) is 2.93. The van der Waals surface area contributed by atoms with E-state index < -0.39 is 0 Å². The summed E-state index contributed by atoms with van der Waals surface area (Å²) in [5.41, 5.74) is 2.29. The molecule has 2 rings (SSSR count). The minimum atomic E-state index is 0.0512. The average molecular weight is 366 g/mol. The fourth-order valence-electron chi connectivity index (χ4n) is 2.56. The van der Waals surface area contributed by atoms with E-state index in [0.29, 0.717) is 29.1 Å². The fourth-order valence-corrected chi connectivity index (χ4v) is 2.88. The molecular formula is C19H23Cl2N2O+. The van der Waals surface area contributed by atoms with Gasteiger partial charge >= 0.3 is 0 Å². The Morgan fingerprint density at radius 2 is 1.83 bits per heavy atom. The van der Waals surface area contributed by atoms with Gasteiger partial charge in [0.25, 0.3) is 5.91 Å². The third kappa shape index (κ3) is 5.82. The van der Waals surface area contributed by atoms with Gasteiger partial charge in [-0.1, -0.05) is 66.5 Å². The molecule has 0 radical (unpaired) electrons. The Labute approximate surface area is 153 Å². The summed E-state index contributed by atoms with van der Waals surface area (Å²) in [4.78, 5) is 13.2. The maximum absolute atomic E-state index is 12.1. The maximum atomic E-state index is 12.1. The van der Waals surface area contributed by atoms with Gasteiger partial charge < -0.3 is 10.2 Å². The highest BCUT2D eigenvalue weighted by Crippen LogP contribution is 2.22. The van der Waals surface area contributed by atoms with E-state index in [2.05, 4.69) is 24.4 Å². The smallest absolute Gasteiger partial charge is 0.275 e. The fraction of sp³-hybridized carbons (Fsp3) is 0.316. The molecule has 2 atom stereocenters. The average Bonchev–Trinajstić information content (AvgIpc) is 2.56. The van der Waals surface area contributed by atoms with E-state index in [4.69, 9.17) is 23.2 Å². The van der Waals surface area contributed by atoms with Crippen LogP contribution in [0.15, 0.2) is 48.5 Å². The second-order valence-electron chi connectivity index (χ2n) is 6.17. The van der Waals surface area contributed by atoms with E-state index in [0.717, 1.165) is 17.0 Å². The van der Waals surface area contributed by atoms with Crippen LogP contribution in [0.1, 0.15) is 24.0 Å². The van der Waals surface area contributed by atoms with Crippen molar-refractivity contribution in [3.8, 4) is 0 Å². The SMILES string of the molecule is C[C@H](CNC(=O)C[NH+](C)Cc1ccc(Cl)c(Cl)c1)c1ccccc1. The van der Waals surface area contributed by atoms with E-state index in [1.165, 1.54) is 5.56 Å². The van der Waals surface area contributed by atoms with Gasteiger partial charge in [0, 0.05) is 12.1 Å². The molecule has 0 bridgehead atoms. The molecule has 0 heterocycles. The molecule has 24 heavy (non-hydrogen) atoms. The van der Waals surface area contributed by atoms with Crippen LogP contribution in [-0.4, -0.2) is 26.0 Å². The van der Waals surface area contributed by atoms with Gasteiger partial charge in [-0.05, 0) is 23.6 Å². The monoisotopic (exact) mass is 365 g/mol. The van der Waals surface area contributed by atoms with Crippen LogP contribution < -0.4 is 10.2 Å². The highest BCUT2D eigenvalue weighted by atomic mass is 35.5. The van der Waals surface area contributed by atoms with E-state index in [9.17, 15) is 4.79 Å². The zero-order valence-corrected chi connectivity index (χ0v) is 15.5. The van der Waals surface area contributed by atoms with Crippen molar-refractivity contribution >= 4 is 29.1 Å². The molecule has 0 aliphatic heterocycles. The van der Waals surface area contributed by atoms with Crippen molar-refractivity contribution in [3.05, 3.63) is 69.7 Å². The van der Waals surface area contributed by atoms with Crippen LogP contribution in [0, 0.1) is 0 Å². The second-order valence-corrected chi connectivity index (χ2v) is 6.99. The molecule has 0 aromatic heterocycles. The molecule has 2 aromatic carbocycles. The maximum Gasteiger partial charge on any atom is 0.275 e. The number of amides is 1. The third-order valence-electron chi connectivity index (χ3n) is 3.93. The lowest BCUT2D eigenvalue weighted by molar-refractivity contribution is -0.885. The lowest BCUT2D eigenvalue weighted by atomic mass is 10.0. The van der Waals surface area contributed by atoms with Gasteiger partial charge in [-0.25, -0.2) is 0 Å². The van der Waals surface area contributed by atoms with Crippen LogP contribution in [-0.2, 0) is 11.3 Å². The Morgan fingerprint density at radius 3 is 2.50 bits per heavy atom. The molecule has 2 N–H and O–H groups in total. The Balaban J connectivity index is 1.78. The number of quaternary nitrogens is 1. The Kier molecular flexibility index (Phi) is 7.10. The van der Waals surface area contributed by atoms with E-state index in [-0.39, 0.29) is 5.91 Å². The van der Waals surface area contributed by atoms with Crippen molar-refractivity contribution in [1.82, 2.24) is 5.32 Å². The van der Waals surface area contributed by atoms with Crippen molar-refractivity contribution in [1.29, 1.82) is 0 Å². The first-order chi connectivity index (χ1) is 11.5. The van der Waals surface area contributed by atoms with Crippen molar-refractivity contribution in [2.24, 2.45) is 0 Å². The molecule has 128 valence electrons. The predicted molar refractivity (Wildman–Crippen MR) is 99.8 cm³/mol. The van der Waals surface area contributed by atoms with Crippen molar-refractivity contribution < 1.29 is 9.69 Å². The summed E-state index contributed by atoms with van der Waals surface area (Å²) in [7, 11) is 1.99. The minimum Gasteiger partial charge on any atom is -0.351 e. The Bertz CT molecular complexity index is 676. The molecular weight excluding hydrogens is 343 g/mol. The van der Waals surface area contributed by atoms with Crippen LogP contribution in [0.25, 0.3) is 0 Å². The Morgan fingerprint density at radius 1 is 1.12 bits per heavy atom. The standard InChI is InChI=1S/C19H22Cl2N2O/c1-14(16-6-4-3-5-7-16)11-22-19(24)13-23(2)12-15-8-9-17(20)18(21)10-15/h3-10,14H,11-13H2,1-2H3,(H,22,24)/p+1/t14-/m1/s1. The van der Waals surface area contributed by atoms with E-state index >= 15 is 0 Å². The first-order valence-corrected chi connectivity index (χ1v) is 8.78. The van der Waals surface area contributed by atoms with Crippen LogP contribution >= 0.6 is 23.2 Å². The molecule has 1 amide bonds. The summed E-state index contributed by atoms with van der Waals surface area (Å²) in [5.74, 6) is 0.348. The highest BCUT2D eigenvalue weighted by molar-refractivity contribution is 6.42. The van der Waals surface area contributed by atoms with Crippen LogP contribution in [0.2, 0.25) is 10.0 Å². The molecule has 5 heteroatoms. The number of halogens is 2. The lowest BCUT2D eigenvalue weighted by Crippen LogP contribution is -3.08. The zero-order valence-electron chi connectivity index (χ0n) is 14.0. The number of carbonyl (C=O) groups excluding carboxylic acids is 1. The lowest BCUT2D eigenvalue weighted by Gasteiger charge is -2.16. The topological polar surface area (TPSA) is 33.5 Å². The second kappa shape index (κ2) is 9.07. The molecule has 0 aliphatic carbocycles. The van der Waals surface area contributed by atoms with Crippen LogP contribution in [0.5, 0.6) is 0 Å². The molecule has 0 saturated carbocycles. The van der Waals surface area contributed by atoms with Gasteiger partial charge in [-0.2, -0.15) is 0 Å². The van der Waals surface area contributed by atoms with E-state index in [1.807, 2.05) is 37.4 Å². The number of hydrogen-bond acceptors (Lipinski definition) is 1. The summed E-state index contributed by atoms with van der Waals surface area (Å²) >= 11 is 11.9. The summed E-state index contributed by atoms with van der Waals surface area (Å²) in [6, 6.07) is 15.8. The quantitative estimate of drug-likeness (QED) is 0.776. The Hall–Kier alpha value is -1.55. The number of carbonyl (C=O) groups is 1. The van der Waals surface area contributed by atoms with Gasteiger partial charge in [0.2, 0.25) is 0 Å². The first-order valence-electron chi connectivity index (χ1n) is 8.02. The molecule has 0 fully saturated rings. The first kappa shape index (κ1) is 18.8. The number of benzene rings is 2. The molecule has 1 unspecified atom stereocenters. The van der Waals surface area contributed by atoms with E-state index in [1.54, 1.807) is 6.07 Å². The van der Waals surface area contributed by atoms with Crippen molar-refractivity contribution in [2.45, 2.75) is 19.4 Å². The third-order valence-corrected chi connectivity index (χ3v) is 4.67. The van der Waals surface area contributed by atoms with Crippen molar-refractivity contribution in [3.63, 3.8) is 0 Å². The molecule has 2 aromatic rings.